The van der Waals surface area contributed by atoms with E-state index in [1.54, 1.807) is 0 Å². The van der Waals surface area contributed by atoms with Crippen LogP contribution < -0.4 is 5.32 Å². The molecular formula is C29H37N. The summed E-state index contributed by atoms with van der Waals surface area (Å²) < 4.78 is 0. The van der Waals surface area contributed by atoms with E-state index < -0.39 is 0 Å². The van der Waals surface area contributed by atoms with Crippen LogP contribution >= 0.6 is 0 Å². The Bertz CT molecular complexity index is 714. The molecule has 0 bridgehead atoms. The van der Waals surface area contributed by atoms with Gasteiger partial charge in [-0.2, -0.15) is 0 Å². The molecule has 1 N–H and O–H groups in total. The molecule has 0 saturated carbocycles. The Hall–Kier alpha value is -2.38. The summed E-state index contributed by atoms with van der Waals surface area (Å²) in [7, 11) is 0. The van der Waals surface area contributed by atoms with Crippen LogP contribution in [0.3, 0.4) is 0 Å². The van der Waals surface area contributed by atoms with Gasteiger partial charge in [-0.25, -0.2) is 0 Å². The van der Waals surface area contributed by atoms with Crippen LogP contribution in [0.1, 0.15) is 68.6 Å². The van der Waals surface area contributed by atoms with E-state index in [9.17, 15) is 0 Å². The summed E-state index contributed by atoms with van der Waals surface area (Å²) >= 11 is 0. The second kappa shape index (κ2) is 12.3. The Morgan fingerprint density at radius 2 is 0.967 bits per heavy atom. The Morgan fingerprint density at radius 3 is 1.43 bits per heavy atom. The van der Waals surface area contributed by atoms with Gasteiger partial charge in [-0.05, 0) is 42.6 Å². The molecule has 0 saturated heterocycles. The second-order valence-corrected chi connectivity index (χ2v) is 8.27. The molecule has 0 aliphatic heterocycles. The molecule has 3 rings (SSSR count). The van der Waals surface area contributed by atoms with Crippen molar-refractivity contribution >= 4 is 0 Å². The minimum absolute atomic E-state index is 0.141. The maximum atomic E-state index is 3.74. The summed E-state index contributed by atoms with van der Waals surface area (Å²) in [5.41, 5.74) is 3.95. The lowest BCUT2D eigenvalue weighted by Crippen LogP contribution is -2.34. The predicted octanol–water partition coefficient (Wildman–Crippen LogP) is 7.36. The van der Waals surface area contributed by atoms with Gasteiger partial charge in [-0.15, -0.1) is 0 Å². The number of rotatable bonds is 13. The Balaban J connectivity index is 1.77. The smallest absolute Gasteiger partial charge is 0.0463 e. The predicted molar refractivity (Wildman–Crippen MR) is 130 cm³/mol. The molecule has 0 amide bonds. The van der Waals surface area contributed by atoms with Gasteiger partial charge in [0.2, 0.25) is 0 Å². The normalized spacial score (nSPS) is 11.5. The lowest BCUT2D eigenvalue weighted by molar-refractivity contribution is 0.505. The van der Waals surface area contributed by atoms with Crippen molar-refractivity contribution in [1.82, 2.24) is 5.32 Å². The largest absolute Gasteiger partial charge is 0.317 e. The zero-order valence-corrected chi connectivity index (χ0v) is 18.5. The molecule has 1 nitrogen and oxygen atoms in total. The Labute approximate surface area is 183 Å². The third-order valence-electron chi connectivity index (χ3n) is 6.18. The van der Waals surface area contributed by atoms with Gasteiger partial charge in [-0.3, -0.25) is 0 Å². The second-order valence-electron chi connectivity index (χ2n) is 8.27. The molecule has 0 fully saturated rings. The van der Waals surface area contributed by atoms with Gasteiger partial charge in [0.15, 0.2) is 0 Å². The summed E-state index contributed by atoms with van der Waals surface area (Å²) in [5, 5.41) is 3.74. The van der Waals surface area contributed by atoms with Crippen LogP contribution in [0.4, 0.5) is 0 Å². The van der Waals surface area contributed by atoms with Crippen molar-refractivity contribution in [3.63, 3.8) is 0 Å². The lowest BCUT2D eigenvalue weighted by atomic mass is 9.67. The van der Waals surface area contributed by atoms with Crippen molar-refractivity contribution < 1.29 is 0 Å². The van der Waals surface area contributed by atoms with Gasteiger partial charge in [-0.1, -0.05) is 130 Å². The van der Waals surface area contributed by atoms with E-state index in [2.05, 4.69) is 103 Å². The monoisotopic (exact) mass is 399 g/mol. The van der Waals surface area contributed by atoms with Crippen LogP contribution in [0.25, 0.3) is 0 Å². The summed E-state index contributed by atoms with van der Waals surface area (Å²) in [6.45, 7) is 4.40. The molecule has 30 heavy (non-hydrogen) atoms. The number of hydrogen-bond acceptors (Lipinski definition) is 1. The highest BCUT2D eigenvalue weighted by Gasteiger charge is 2.35. The van der Waals surface area contributed by atoms with Gasteiger partial charge in [0.05, 0.1) is 0 Å². The Morgan fingerprint density at radius 1 is 0.533 bits per heavy atom. The van der Waals surface area contributed by atoms with Gasteiger partial charge in [0.1, 0.15) is 0 Å². The fraction of sp³-hybridized carbons (Fsp3) is 0.379. The molecule has 0 atom stereocenters. The minimum atomic E-state index is -0.141. The van der Waals surface area contributed by atoms with Crippen LogP contribution in [-0.2, 0) is 5.41 Å². The average Bonchev–Trinajstić information content (AvgIpc) is 2.82. The van der Waals surface area contributed by atoms with E-state index in [1.165, 1.54) is 55.2 Å². The number of hydrogen-bond donors (Lipinski definition) is 1. The molecule has 0 aromatic heterocycles. The molecule has 158 valence electrons. The quantitative estimate of drug-likeness (QED) is 0.234. The minimum Gasteiger partial charge on any atom is -0.317 e. The summed E-state index contributed by atoms with van der Waals surface area (Å²) in [6.07, 6.45) is 9.11. The van der Waals surface area contributed by atoms with Crippen LogP contribution in [0.15, 0.2) is 91.0 Å². The summed E-state index contributed by atoms with van der Waals surface area (Å²) in [5.74, 6) is 0. The summed E-state index contributed by atoms with van der Waals surface area (Å²) in [6, 6.07) is 33.0. The topological polar surface area (TPSA) is 12.0 Å². The van der Waals surface area contributed by atoms with Crippen LogP contribution in [0.2, 0.25) is 0 Å². The van der Waals surface area contributed by atoms with Crippen LogP contribution in [0, 0.1) is 0 Å². The number of nitrogens with one attached hydrogen (secondary N) is 1. The maximum Gasteiger partial charge on any atom is 0.0463 e. The fourth-order valence-corrected chi connectivity index (χ4v) is 4.53. The third-order valence-corrected chi connectivity index (χ3v) is 6.18. The van der Waals surface area contributed by atoms with Crippen molar-refractivity contribution in [2.24, 2.45) is 0 Å². The first kappa shape index (κ1) is 22.3. The third kappa shape index (κ3) is 5.83. The van der Waals surface area contributed by atoms with Crippen molar-refractivity contribution in [1.29, 1.82) is 0 Å². The zero-order valence-electron chi connectivity index (χ0n) is 18.5. The van der Waals surface area contributed by atoms with Crippen LogP contribution in [-0.4, -0.2) is 13.1 Å². The van der Waals surface area contributed by atoms with Crippen molar-refractivity contribution in [2.75, 3.05) is 13.1 Å². The van der Waals surface area contributed by atoms with E-state index in [0.717, 1.165) is 19.5 Å². The van der Waals surface area contributed by atoms with Gasteiger partial charge in [0, 0.05) is 5.41 Å². The number of benzene rings is 3. The summed E-state index contributed by atoms with van der Waals surface area (Å²) in [4.78, 5) is 0. The molecule has 0 unspecified atom stereocenters. The van der Waals surface area contributed by atoms with Crippen LogP contribution in [0.5, 0.6) is 0 Å². The van der Waals surface area contributed by atoms with Gasteiger partial charge in [0.25, 0.3) is 0 Å². The highest BCUT2D eigenvalue weighted by atomic mass is 14.8. The highest BCUT2D eigenvalue weighted by molar-refractivity contribution is 5.50. The molecule has 3 aromatic rings. The lowest BCUT2D eigenvalue weighted by Gasteiger charge is -2.36. The van der Waals surface area contributed by atoms with Crippen molar-refractivity contribution in [2.45, 2.75) is 57.3 Å². The average molecular weight is 400 g/mol. The molecule has 0 radical (unpaired) electrons. The molecule has 0 aliphatic rings. The van der Waals surface area contributed by atoms with E-state index in [0.29, 0.717) is 0 Å². The van der Waals surface area contributed by atoms with Crippen molar-refractivity contribution in [3.05, 3.63) is 108 Å². The molecular weight excluding hydrogens is 362 g/mol. The van der Waals surface area contributed by atoms with E-state index in [-0.39, 0.29) is 5.41 Å². The first-order chi connectivity index (χ1) is 14.9. The van der Waals surface area contributed by atoms with E-state index in [1.807, 2.05) is 0 Å². The highest BCUT2D eigenvalue weighted by Crippen LogP contribution is 2.41. The Kier molecular flexibility index (Phi) is 9.18. The first-order valence-electron chi connectivity index (χ1n) is 11.7. The van der Waals surface area contributed by atoms with E-state index >= 15 is 0 Å². The molecule has 3 aromatic carbocycles. The van der Waals surface area contributed by atoms with E-state index in [4.69, 9.17) is 0 Å². The standard InChI is InChI=1S/C29H37N/c1-2-3-4-5-6-16-24-30-25-23-29(26-17-10-7-11-18-26,27-19-12-8-13-20-27)28-21-14-9-15-22-28/h7-15,17-22,30H,2-6,16,23-25H2,1H3. The molecule has 0 spiro atoms. The molecule has 0 aliphatic carbocycles. The first-order valence-corrected chi connectivity index (χ1v) is 11.7. The number of unbranched alkanes of at least 4 members (excludes halogenated alkanes) is 5. The maximum absolute atomic E-state index is 3.74. The molecule has 0 heterocycles. The molecule has 1 heteroatoms. The fourth-order valence-electron chi connectivity index (χ4n) is 4.53. The van der Waals surface area contributed by atoms with Gasteiger partial charge < -0.3 is 5.32 Å². The van der Waals surface area contributed by atoms with Gasteiger partial charge >= 0.3 is 0 Å². The zero-order chi connectivity index (χ0) is 20.9. The SMILES string of the molecule is CCCCCCCCNCCC(c1ccccc1)(c1ccccc1)c1ccccc1. The van der Waals surface area contributed by atoms with Crippen molar-refractivity contribution in [3.8, 4) is 0 Å².